The number of rotatable bonds is 17. The predicted molar refractivity (Wildman–Crippen MR) is 210 cm³/mol. The summed E-state index contributed by atoms with van der Waals surface area (Å²) in [7, 11) is -0.338. The molecule has 26 heteroatoms. The van der Waals surface area contributed by atoms with Crippen LogP contribution in [0.2, 0.25) is 19.1 Å². The lowest BCUT2D eigenvalue weighted by Crippen LogP contribution is -2.52. The van der Waals surface area contributed by atoms with E-state index in [1.807, 2.05) is 34.2 Å². The highest BCUT2D eigenvalue weighted by Gasteiger charge is 2.44. The van der Waals surface area contributed by atoms with Crippen molar-refractivity contribution in [3.8, 4) is 0 Å². The fourth-order valence-electron chi connectivity index (χ4n) is 2.10. The zero-order valence-corrected chi connectivity index (χ0v) is 38.1. The van der Waals surface area contributed by atoms with Gasteiger partial charge in [0, 0.05) is 102 Å². The molecule has 0 bridgehead atoms. The van der Waals surface area contributed by atoms with E-state index in [0.717, 1.165) is 26.1 Å². The van der Waals surface area contributed by atoms with E-state index in [-0.39, 0.29) is 32.4 Å². The van der Waals surface area contributed by atoms with Crippen LogP contribution < -0.4 is 5.73 Å². The lowest BCUT2D eigenvalue weighted by atomic mass is 10.5. The normalized spacial score (nSPS) is 9.41. The highest BCUT2D eigenvalue weighted by atomic mass is 28.4. The Kier molecular flexibility index (Phi) is 118. The van der Waals surface area contributed by atoms with Gasteiger partial charge in [0.25, 0.3) is 10.0 Å². The van der Waals surface area contributed by atoms with E-state index in [9.17, 15) is 0 Å². The smallest absolute Gasteiger partial charge is 0.415 e. The molecule has 0 atom stereocenters. The summed E-state index contributed by atoms with van der Waals surface area (Å²) in [6, 6.07) is 0.847. The van der Waals surface area contributed by atoms with Crippen molar-refractivity contribution in [1.29, 1.82) is 0 Å². The van der Waals surface area contributed by atoms with Gasteiger partial charge in [-0.05, 0) is 41.2 Å². The van der Waals surface area contributed by atoms with E-state index in [1.54, 1.807) is 49.6 Å². The monoisotopic (exact) mass is 860 g/mol. The van der Waals surface area contributed by atoms with Crippen LogP contribution in [0.4, 0.5) is 0 Å². The first-order valence-corrected chi connectivity index (χ1v) is 23.9. The van der Waals surface area contributed by atoms with E-state index in [1.165, 1.54) is 6.55 Å². The second kappa shape index (κ2) is 71.6. The second-order valence-corrected chi connectivity index (χ2v) is 16.9. The largest absolute Gasteiger partial charge is 0.679 e. The van der Waals surface area contributed by atoms with E-state index >= 15 is 0 Å². The van der Waals surface area contributed by atoms with Crippen molar-refractivity contribution < 1.29 is 101 Å². The van der Waals surface area contributed by atoms with Gasteiger partial charge in [-0.2, -0.15) is 0 Å². The summed E-state index contributed by atoms with van der Waals surface area (Å²) >= 11 is 0. The molecule has 0 unspecified atom stereocenters. The topological polar surface area (TPSA) is 345 Å². The molecule has 0 aliphatic rings. The Morgan fingerprint density at radius 2 is 0.824 bits per heavy atom. The van der Waals surface area contributed by atoms with Crippen LogP contribution in [0.1, 0.15) is 55.9 Å². The van der Waals surface area contributed by atoms with Gasteiger partial charge in [0.2, 0.25) is 0 Å². The molecule has 0 aromatic rings. The summed E-state index contributed by atoms with van der Waals surface area (Å²) in [4.78, 5) is 30.0. The average Bonchev–Trinajstić information content (AvgIpc) is 3.05. The Bertz CT molecular complexity index is 445. The second-order valence-electron chi connectivity index (χ2n) is 7.19. The first-order chi connectivity index (χ1) is 22.1. The van der Waals surface area contributed by atoms with Gasteiger partial charge in [-0.3, -0.25) is 0 Å². The molecular formula is C25H86NO20Si5+. The molecule has 0 heterocycles. The fourth-order valence-corrected chi connectivity index (χ4v) is 6.31. The molecule has 0 rings (SSSR count). The lowest BCUT2D eigenvalue weighted by Gasteiger charge is -2.26. The molecule has 330 valence electrons. The van der Waals surface area contributed by atoms with Crippen molar-refractivity contribution >= 4 is 45.9 Å². The van der Waals surface area contributed by atoms with E-state index < -0.39 is 52.7 Å². The Morgan fingerprint density at radius 3 is 0.922 bits per heavy atom. The van der Waals surface area contributed by atoms with Gasteiger partial charge in [0.05, 0.1) is 6.54 Å². The zero-order valence-electron chi connectivity index (χ0n) is 32.5. The van der Waals surface area contributed by atoms with Crippen molar-refractivity contribution in [2.75, 3.05) is 96.1 Å². The van der Waals surface area contributed by atoms with Gasteiger partial charge in [-0.1, -0.05) is 14.9 Å². The van der Waals surface area contributed by atoms with Crippen LogP contribution in [0.5, 0.6) is 0 Å². The Hall–Kier alpha value is 0.244. The van der Waals surface area contributed by atoms with Crippen molar-refractivity contribution in [2.45, 2.75) is 75.0 Å². The van der Waals surface area contributed by atoms with Gasteiger partial charge in [0.1, 0.15) is 6.79 Å². The Labute approximate surface area is 317 Å². The molecule has 15 N–H and O–H groups in total. The minimum atomic E-state index is -2.80. The molecule has 0 aliphatic carbocycles. The Balaban J connectivity index is -0.0000000366. The number of quaternary nitrogens is 1. The van der Waals surface area contributed by atoms with Crippen LogP contribution >= 0.6 is 0 Å². The Morgan fingerprint density at radius 1 is 0.627 bits per heavy atom. The molecule has 0 saturated heterocycles. The maximum atomic E-state index is 7.75. The third-order valence-electron chi connectivity index (χ3n) is 4.06. The van der Waals surface area contributed by atoms with Gasteiger partial charge in [-0.15, -0.1) is 0 Å². The molecular weight excluding hydrogens is 775 g/mol. The molecule has 0 spiro atoms. The third-order valence-corrected chi connectivity index (χ3v) is 11.7. The minimum absolute atomic E-state index is 0. The highest BCUT2D eigenvalue weighted by molar-refractivity contribution is 6.60. The molecule has 0 saturated carbocycles. The summed E-state index contributed by atoms with van der Waals surface area (Å²) in [6.45, 7) is 15.1. The summed E-state index contributed by atoms with van der Waals surface area (Å²) in [5.74, 6) is 0. The number of aliphatic hydroxyl groups excluding tert-OH is 3. The van der Waals surface area contributed by atoms with Gasteiger partial charge in [-0.25, -0.2) is 0 Å². The summed E-state index contributed by atoms with van der Waals surface area (Å²) in [5.41, 5.74) is 3.75. The van der Waals surface area contributed by atoms with Crippen LogP contribution in [0.15, 0.2) is 0 Å². The number of hydrogen-bond acceptors (Lipinski definition) is 18. The van der Waals surface area contributed by atoms with Gasteiger partial charge < -0.3 is 101 Å². The lowest BCUT2D eigenvalue weighted by molar-refractivity contribution is -0.367. The van der Waals surface area contributed by atoms with Crippen LogP contribution in [0.3, 0.4) is 0 Å². The molecule has 0 amide bonds. The maximum Gasteiger partial charge on any atom is 0.679 e. The van der Waals surface area contributed by atoms with Crippen molar-refractivity contribution in [2.24, 2.45) is 0 Å². The van der Waals surface area contributed by atoms with Crippen LogP contribution in [0, 0.1) is 0 Å². The van der Waals surface area contributed by atoms with Crippen LogP contribution in [-0.2, 0) is 44.3 Å². The average molecular weight is 861 g/mol. The standard InChI is InChI=1S/C8H20O4Si.C6H17NO3Si.C4H12O3Si.C2H6O.CH6O2Si.CH4O2.CH4O.2CH4.H4O2Si.2H2O/c1-5-9-13(10-6-2,11-7-3)12-8-4;1-8-11(9-2,10-3)6-4-5-7;1-5-8(4,6-2)7-3;1-2-3;1-4(2)3;2-1-3;1-2;;;1-3-2;;/h5-8H2,1-4H3;4-7H2,1-3H3;1-4H3;3H,2H2,1H3;2-4H,1H3;2-3H,1H2;2H,1H3;2*1H4;1-2H,3H2;2*1H2/p+1. The number of hydrogen-bond donors (Lipinski definition) is 9. The van der Waals surface area contributed by atoms with Crippen LogP contribution in [-0.4, -0.2) is 193 Å². The van der Waals surface area contributed by atoms with Crippen molar-refractivity contribution in [3.63, 3.8) is 0 Å². The quantitative estimate of drug-likeness (QED) is 0.0506. The maximum absolute atomic E-state index is 7.75. The highest BCUT2D eigenvalue weighted by Crippen LogP contribution is 2.13. The van der Waals surface area contributed by atoms with E-state index in [4.69, 9.17) is 83.9 Å². The first kappa shape index (κ1) is 84.0. The molecule has 51 heavy (non-hydrogen) atoms. The summed E-state index contributed by atoms with van der Waals surface area (Å²) < 4.78 is 52.1. The van der Waals surface area contributed by atoms with Crippen molar-refractivity contribution in [3.05, 3.63) is 0 Å². The zero-order chi connectivity index (χ0) is 39.2. The van der Waals surface area contributed by atoms with E-state index in [2.05, 4.69) is 5.73 Å². The van der Waals surface area contributed by atoms with Crippen LogP contribution in [0.25, 0.3) is 0 Å². The summed E-state index contributed by atoms with van der Waals surface area (Å²) in [6.07, 6.45) is 0.988. The molecule has 0 radical (unpaired) electrons. The fraction of sp³-hybridized carbons (Fsp3) is 1.00. The molecule has 21 nitrogen and oxygen atoms in total. The molecule has 0 aromatic carbocycles. The third kappa shape index (κ3) is 75.9. The van der Waals surface area contributed by atoms with E-state index in [0.29, 0.717) is 26.4 Å². The molecule has 0 aromatic heterocycles. The van der Waals surface area contributed by atoms with Crippen molar-refractivity contribution in [1.82, 2.24) is 0 Å². The van der Waals surface area contributed by atoms with Gasteiger partial charge in [0.15, 0.2) is 0 Å². The summed E-state index contributed by atoms with van der Waals surface area (Å²) in [5, 5.41) is 28.8. The first-order valence-electron chi connectivity index (χ1n) is 14.7. The SMILES string of the molecule is C.C.CCO.CCO[Si](OCC)(OCC)OCC.CO.CO[Si](C)(OC)OC.CO[Si](CCC[NH3+])(OC)OC.C[SiH](O)O.O.O.OCO.O[SiH2]O. The minimum Gasteiger partial charge on any atom is -0.415 e. The predicted octanol–water partition coefficient (Wildman–Crippen LogP) is -3.49. The molecule has 0 fully saturated rings. The van der Waals surface area contributed by atoms with Gasteiger partial charge >= 0.3 is 35.9 Å². The molecule has 0 aliphatic heterocycles. The number of aliphatic hydroxyl groups is 4.